The molecule has 0 saturated carbocycles. The third kappa shape index (κ3) is 2.55. The number of halogens is 1. The molecule has 1 aromatic rings. The first-order valence-electron chi connectivity index (χ1n) is 3.70. The van der Waals surface area contributed by atoms with E-state index >= 15 is 0 Å². The predicted molar refractivity (Wildman–Crippen MR) is 50.4 cm³/mol. The molecular formula is C9H10ClNO. The van der Waals surface area contributed by atoms with Crippen LogP contribution in [-0.4, -0.2) is 11.3 Å². The molecule has 0 heterocycles. The summed E-state index contributed by atoms with van der Waals surface area (Å²) in [5.41, 5.74) is 0.773. The van der Waals surface area contributed by atoms with Crippen LogP contribution >= 0.6 is 11.6 Å². The lowest BCUT2D eigenvalue weighted by atomic mass is 10.3. The van der Waals surface area contributed by atoms with Gasteiger partial charge in [-0.1, -0.05) is 18.2 Å². The number of nitrogens with one attached hydrogen (secondary N) is 1. The minimum absolute atomic E-state index is 0.178. The summed E-state index contributed by atoms with van der Waals surface area (Å²) in [6.07, 6.45) is 0. The monoisotopic (exact) mass is 183 g/mol. The van der Waals surface area contributed by atoms with Gasteiger partial charge in [-0.3, -0.25) is 4.79 Å². The Hall–Kier alpha value is -1.02. The molecule has 0 aliphatic carbocycles. The first-order valence-corrected chi connectivity index (χ1v) is 4.14. The summed E-state index contributed by atoms with van der Waals surface area (Å²) in [7, 11) is 0. The van der Waals surface area contributed by atoms with Gasteiger partial charge in [0.25, 0.3) is 0 Å². The molecule has 1 atom stereocenters. The number of anilines is 1. The van der Waals surface area contributed by atoms with Crippen molar-refractivity contribution < 1.29 is 4.79 Å². The zero-order valence-corrected chi connectivity index (χ0v) is 7.51. The van der Waals surface area contributed by atoms with Crippen LogP contribution in [0, 0.1) is 0 Å². The number of carbonyl (C=O) groups is 1. The maximum atomic E-state index is 11.1. The number of amides is 1. The van der Waals surface area contributed by atoms with E-state index in [1.807, 2.05) is 30.3 Å². The second-order valence-corrected chi connectivity index (χ2v) is 3.13. The molecule has 2 nitrogen and oxygen atoms in total. The molecule has 0 spiro atoms. The molecular weight excluding hydrogens is 174 g/mol. The molecule has 1 N–H and O–H groups in total. The van der Waals surface area contributed by atoms with Gasteiger partial charge in [0.05, 0.1) is 0 Å². The van der Waals surface area contributed by atoms with Crippen LogP contribution in [0.5, 0.6) is 0 Å². The Morgan fingerprint density at radius 1 is 1.42 bits per heavy atom. The molecule has 0 saturated heterocycles. The number of benzene rings is 1. The standard InChI is InChI=1S/C9H10ClNO/c1-7(10)9(12)11-8-5-3-2-4-6-8/h2-7H,1H3,(H,11,12)/t7-/m1/s1. The van der Waals surface area contributed by atoms with Crippen LogP contribution in [0.25, 0.3) is 0 Å². The summed E-state index contributed by atoms with van der Waals surface area (Å²) in [4.78, 5) is 11.1. The van der Waals surface area contributed by atoms with Crippen molar-refractivity contribution in [1.29, 1.82) is 0 Å². The van der Waals surface area contributed by atoms with E-state index in [2.05, 4.69) is 5.32 Å². The van der Waals surface area contributed by atoms with Crippen LogP contribution in [0.3, 0.4) is 0 Å². The lowest BCUT2D eigenvalue weighted by molar-refractivity contribution is -0.115. The summed E-state index contributed by atoms with van der Waals surface area (Å²) < 4.78 is 0. The van der Waals surface area contributed by atoms with Crippen molar-refractivity contribution in [3.63, 3.8) is 0 Å². The third-order valence-corrected chi connectivity index (χ3v) is 1.60. The predicted octanol–water partition coefficient (Wildman–Crippen LogP) is 2.25. The Labute approximate surface area is 76.5 Å². The second-order valence-electron chi connectivity index (χ2n) is 2.47. The quantitative estimate of drug-likeness (QED) is 0.701. The maximum Gasteiger partial charge on any atom is 0.242 e. The minimum atomic E-state index is -0.495. The van der Waals surface area contributed by atoms with Gasteiger partial charge in [-0.25, -0.2) is 0 Å². The zero-order valence-electron chi connectivity index (χ0n) is 6.75. The summed E-state index contributed by atoms with van der Waals surface area (Å²) in [6, 6.07) is 9.23. The Bertz CT molecular complexity index is 258. The van der Waals surface area contributed by atoms with Crippen molar-refractivity contribution in [2.75, 3.05) is 5.32 Å². The van der Waals surface area contributed by atoms with E-state index in [0.29, 0.717) is 0 Å². The van der Waals surface area contributed by atoms with Crippen LogP contribution in [0.4, 0.5) is 5.69 Å². The summed E-state index contributed by atoms with van der Waals surface area (Å²) in [5, 5.41) is 2.18. The molecule has 0 fully saturated rings. The van der Waals surface area contributed by atoms with Crippen molar-refractivity contribution in [3.8, 4) is 0 Å². The van der Waals surface area contributed by atoms with Gasteiger partial charge in [0, 0.05) is 5.69 Å². The Morgan fingerprint density at radius 3 is 2.50 bits per heavy atom. The van der Waals surface area contributed by atoms with Crippen LogP contribution in [0.1, 0.15) is 6.92 Å². The fraction of sp³-hybridized carbons (Fsp3) is 0.222. The van der Waals surface area contributed by atoms with Crippen LogP contribution in [0.15, 0.2) is 30.3 Å². The maximum absolute atomic E-state index is 11.1. The van der Waals surface area contributed by atoms with Gasteiger partial charge in [0.15, 0.2) is 0 Å². The molecule has 0 radical (unpaired) electrons. The highest BCUT2D eigenvalue weighted by molar-refractivity contribution is 6.32. The van der Waals surface area contributed by atoms with Crippen molar-refractivity contribution in [2.45, 2.75) is 12.3 Å². The molecule has 1 amide bonds. The Balaban J connectivity index is 2.59. The molecule has 1 rings (SSSR count). The van der Waals surface area contributed by atoms with Crippen LogP contribution in [0.2, 0.25) is 0 Å². The number of rotatable bonds is 2. The molecule has 0 aliphatic heterocycles. The molecule has 3 heteroatoms. The van der Waals surface area contributed by atoms with E-state index in [0.717, 1.165) is 5.69 Å². The number of hydrogen-bond acceptors (Lipinski definition) is 1. The average Bonchev–Trinajstić information content (AvgIpc) is 2.06. The van der Waals surface area contributed by atoms with Gasteiger partial charge in [0.2, 0.25) is 5.91 Å². The summed E-state index contributed by atoms with van der Waals surface area (Å²) >= 11 is 5.57. The van der Waals surface area contributed by atoms with Gasteiger partial charge in [-0.15, -0.1) is 11.6 Å². The lowest BCUT2D eigenvalue weighted by Gasteiger charge is -2.04. The fourth-order valence-electron chi connectivity index (χ4n) is 0.763. The molecule has 0 unspecified atom stereocenters. The second kappa shape index (κ2) is 4.12. The average molecular weight is 184 g/mol. The van der Waals surface area contributed by atoms with Gasteiger partial charge < -0.3 is 5.32 Å². The highest BCUT2D eigenvalue weighted by Gasteiger charge is 2.07. The third-order valence-electron chi connectivity index (χ3n) is 1.40. The molecule has 1 aromatic carbocycles. The Morgan fingerprint density at radius 2 is 2.00 bits per heavy atom. The van der Waals surface area contributed by atoms with E-state index < -0.39 is 5.38 Å². The van der Waals surface area contributed by atoms with Gasteiger partial charge in [-0.2, -0.15) is 0 Å². The van der Waals surface area contributed by atoms with Gasteiger partial charge >= 0.3 is 0 Å². The van der Waals surface area contributed by atoms with Gasteiger partial charge in [0.1, 0.15) is 5.38 Å². The van der Waals surface area contributed by atoms with E-state index in [1.54, 1.807) is 6.92 Å². The first-order chi connectivity index (χ1) is 5.70. The lowest BCUT2D eigenvalue weighted by Crippen LogP contribution is -2.20. The largest absolute Gasteiger partial charge is 0.325 e. The highest BCUT2D eigenvalue weighted by Crippen LogP contribution is 2.06. The molecule has 64 valence electrons. The van der Waals surface area contributed by atoms with Crippen molar-refractivity contribution in [3.05, 3.63) is 30.3 Å². The van der Waals surface area contributed by atoms with Crippen molar-refractivity contribution in [2.24, 2.45) is 0 Å². The zero-order chi connectivity index (χ0) is 8.97. The van der Waals surface area contributed by atoms with E-state index in [-0.39, 0.29) is 5.91 Å². The topological polar surface area (TPSA) is 29.1 Å². The summed E-state index contributed by atoms with van der Waals surface area (Å²) in [6.45, 7) is 1.64. The smallest absolute Gasteiger partial charge is 0.242 e. The highest BCUT2D eigenvalue weighted by atomic mass is 35.5. The molecule has 0 aromatic heterocycles. The number of hydrogen-bond donors (Lipinski definition) is 1. The molecule has 0 aliphatic rings. The Kier molecular flexibility index (Phi) is 3.11. The van der Waals surface area contributed by atoms with E-state index in [1.165, 1.54) is 0 Å². The van der Waals surface area contributed by atoms with Gasteiger partial charge in [-0.05, 0) is 19.1 Å². The van der Waals surface area contributed by atoms with E-state index in [4.69, 9.17) is 11.6 Å². The molecule has 12 heavy (non-hydrogen) atoms. The summed E-state index contributed by atoms with van der Waals surface area (Å²) in [5.74, 6) is -0.178. The first kappa shape index (κ1) is 9.07. The minimum Gasteiger partial charge on any atom is -0.325 e. The number of alkyl halides is 1. The fourth-order valence-corrected chi connectivity index (χ4v) is 0.818. The van der Waals surface area contributed by atoms with Crippen molar-refractivity contribution >= 4 is 23.2 Å². The van der Waals surface area contributed by atoms with E-state index in [9.17, 15) is 4.79 Å². The normalized spacial score (nSPS) is 12.2. The SMILES string of the molecule is C[C@@H](Cl)C(=O)Nc1ccccc1. The van der Waals surface area contributed by atoms with Crippen molar-refractivity contribution in [1.82, 2.24) is 0 Å². The number of para-hydroxylation sites is 1. The van der Waals surface area contributed by atoms with Crippen LogP contribution < -0.4 is 5.32 Å². The molecule has 0 bridgehead atoms. The van der Waals surface area contributed by atoms with Crippen LogP contribution in [-0.2, 0) is 4.79 Å². The number of carbonyl (C=O) groups excluding carboxylic acids is 1.